The van der Waals surface area contributed by atoms with Crippen LogP contribution in [0.4, 0.5) is 0 Å². The van der Waals surface area contributed by atoms with Gasteiger partial charge >= 0.3 is 0 Å². The van der Waals surface area contributed by atoms with E-state index in [0.717, 1.165) is 39.2 Å². The Morgan fingerprint density at radius 1 is 0.714 bits per heavy atom. The van der Waals surface area contributed by atoms with Gasteiger partial charge in [0.2, 0.25) is 0 Å². The zero-order chi connectivity index (χ0) is 19.1. The summed E-state index contributed by atoms with van der Waals surface area (Å²) >= 11 is 0. The molecule has 0 spiro atoms. The van der Waals surface area contributed by atoms with E-state index in [1.807, 2.05) is 24.3 Å². The van der Waals surface area contributed by atoms with Crippen LogP contribution in [0.2, 0.25) is 0 Å². The standard InChI is InChI=1S/C25H19NO2/c1-27-23-12-11-16(14-24(23)28-2)13-20-18-8-4-5-9-19(18)25-21(20)15-17-7-3-6-10-22(17)26-25/h3-15H,1-2H3. The number of para-hydroxylation sites is 1. The molecule has 4 aromatic rings. The van der Waals surface area contributed by atoms with Crippen LogP contribution in [-0.4, -0.2) is 19.2 Å². The Labute approximate surface area is 163 Å². The first kappa shape index (κ1) is 16.6. The number of aromatic nitrogens is 1. The first-order valence-electron chi connectivity index (χ1n) is 9.22. The lowest BCUT2D eigenvalue weighted by molar-refractivity contribution is 0.355. The molecule has 1 aromatic heterocycles. The zero-order valence-electron chi connectivity index (χ0n) is 15.8. The third-order valence-electron chi connectivity index (χ3n) is 5.21. The van der Waals surface area contributed by atoms with Crippen molar-refractivity contribution >= 4 is 22.6 Å². The molecule has 1 heterocycles. The van der Waals surface area contributed by atoms with E-state index in [-0.39, 0.29) is 0 Å². The number of nitrogens with zero attached hydrogens (tertiary/aromatic N) is 1. The van der Waals surface area contributed by atoms with Gasteiger partial charge in [0.15, 0.2) is 11.5 Å². The van der Waals surface area contributed by atoms with Crippen LogP contribution >= 0.6 is 0 Å². The van der Waals surface area contributed by atoms with Crippen LogP contribution in [0.3, 0.4) is 0 Å². The molecule has 0 unspecified atom stereocenters. The van der Waals surface area contributed by atoms with Gasteiger partial charge in [0, 0.05) is 16.5 Å². The second kappa shape index (κ2) is 6.54. The van der Waals surface area contributed by atoms with E-state index in [0.29, 0.717) is 0 Å². The Morgan fingerprint density at radius 3 is 2.29 bits per heavy atom. The Morgan fingerprint density at radius 2 is 1.46 bits per heavy atom. The summed E-state index contributed by atoms with van der Waals surface area (Å²) in [6.07, 6.45) is 2.20. The fraction of sp³-hybridized carbons (Fsp3) is 0.0800. The minimum atomic E-state index is 0.722. The largest absolute Gasteiger partial charge is 0.493 e. The first-order chi connectivity index (χ1) is 13.8. The maximum absolute atomic E-state index is 5.47. The number of fused-ring (bicyclic) bond motifs is 4. The van der Waals surface area contributed by atoms with Gasteiger partial charge in [0.05, 0.1) is 25.4 Å². The third kappa shape index (κ3) is 2.55. The Kier molecular flexibility index (Phi) is 3.87. The lowest BCUT2D eigenvalue weighted by Crippen LogP contribution is -1.91. The molecule has 0 fully saturated rings. The summed E-state index contributed by atoms with van der Waals surface area (Å²) in [4.78, 5) is 4.96. The van der Waals surface area contributed by atoms with Gasteiger partial charge in [-0.25, -0.2) is 4.98 Å². The second-order valence-electron chi connectivity index (χ2n) is 6.80. The zero-order valence-corrected chi connectivity index (χ0v) is 15.8. The van der Waals surface area contributed by atoms with Crippen LogP contribution in [0.1, 0.15) is 16.7 Å². The van der Waals surface area contributed by atoms with E-state index >= 15 is 0 Å². The highest BCUT2D eigenvalue weighted by atomic mass is 16.5. The van der Waals surface area contributed by atoms with Crippen LogP contribution in [0.5, 0.6) is 11.5 Å². The molecule has 3 aromatic carbocycles. The molecule has 1 aliphatic rings. The summed E-state index contributed by atoms with van der Waals surface area (Å²) in [6, 6.07) is 24.9. The Hall–Kier alpha value is -3.59. The lowest BCUT2D eigenvalue weighted by Gasteiger charge is -2.09. The topological polar surface area (TPSA) is 31.4 Å². The average molecular weight is 365 g/mol. The highest BCUT2D eigenvalue weighted by Crippen LogP contribution is 2.45. The number of hydrogen-bond donors (Lipinski definition) is 0. The summed E-state index contributed by atoms with van der Waals surface area (Å²) in [5.41, 5.74) is 7.84. The highest BCUT2D eigenvalue weighted by Gasteiger charge is 2.25. The van der Waals surface area contributed by atoms with Crippen molar-refractivity contribution in [2.75, 3.05) is 14.2 Å². The minimum Gasteiger partial charge on any atom is -0.493 e. The number of methoxy groups -OCH3 is 2. The van der Waals surface area contributed by atoms with E-state index in [9.17, 15) is 0 Å². The van der Waals surface area contributed by atoms with Crippen LogP contribution in [0, 0.1) is 0 Å². The Balaban J connectivity index is 1.74. The van der Waals surface area contributed by atoms with Crippen LogP contribution in [0.25, 0.3) is 33.8 Å². The molecule has 28 heavy (non-hydrogen) atoms. The van der Waals surface area contributed by atoms with E-state index in [1.54, 1.807) is 14.2 Å². The lowest BCUT2D eigenvalue weighted by atomic mass is 10.0. The first-order valence-corrected chi connectivity index (χ1v) is 9.22. The summed E-state index contributed by atoms with van der Waals surface area (Å²) in [6.45, 7) is 0. The SMILES string of the molecule is COc1ccc(C=C2c3ccccc3-c3nc4ccccc4cc32)cc1OC. The van der Waals surface area contributed by atoms with Crippen molar-refractivity contribution in [3.8, 4) is 22.8 Å². The van der Waals surface area contributed by atoms with Crippen molar-refractivity contribution in [2.24, 2.45) is 0 Å². The van der Waals surface area contributed by atoms with Crippen LogP contribution in [-0.2, 0) is 0 Å². The second-order valence-corrected chi connectivity index (χ2v) is 6.80. The summed E-state index contributed by atoms with van der Waals surface area (Å²) in [5, 5.41) is 1.15. The van der Waals surface area contributed by atoms with Gasteiger partial charge in [-0.15, -0.1) is 0 Å². The van der Waals surface area contributed by atoms with Crippen LogP contribution < -0.4 is 9.47 Å². The van der Waals surface area contributed by atoms with Gasteiger partial charge in [-0.05, 0) is 47.0 Å². The van der Waals surface area contributed by atoms with Gasteiger partial charge < -0.3 is 9.47 Å². The molecular weight excluding hydrogens is 346 g/mol. The molecule has 0 bridgehead atoms. The van der Waals surface area contributed by atoms with Crippen LogP contribution in [0.15, 0.2) is 72.8 Å². The molecule has 0 atom stereocenters. The monoisotopic (exact) mass is 365 g/mol. The molecular formula is C25H19NO2. The van der Waals surface area contributed by atoms with Gasteiger partial charge in [-0.2, -0.15) is 0 Å². The molecule has 1 aliphatic carbocycles. The molecule has 3 nitrogen and oxygen atoms in total. The fourth-order valence-corrected chi connectivity index (χ4v) is 3.86. The number of benzene rings is 3. The molecule has 0 radical (unpaired) electrons. The number of pyridine rings is 1. The van der Waals surface area contributed by atoms with E-state index in [4.69, 9.17) is 14.5 Å². The molecule has 0 saturated carbocycles. The van der Waals surface area contributed by atoms with Crippen molar-refractivity contribution in [1.29, 1.82) is 0 Å². The average Bonchev–Trinajstić information content (AvgIpc) is 3.05. The predicted molar refractivity (Wildman–Crippen MR) is 114 cm³/mol. The summed E-state index contributed by atoms with van der Waals surface area (Å²) in [5.74, 6) is 1.45. The molecule has 0 amide bonds. The smallest absolute Gasteiger partial charge is 0.161 e. The number of hydrogen-bond acceptors (Lipinski definition) is 3. The van der Waals surface area contributed by atoms with E-state index in [1.165, 1.54) is 16.7 Å². The predicted octanol–water partition coefficient (Wildman–Crippen LogP) is 5.82. The van der Waals surface area contributed by atoms with Crippen molar-refractivity contribution in [2.45, 2.75) is 0 Å². The quantitative estimate of drug-likeness (QED) is 0.404. The van der Waals surface area contributed by atoms with Crippen molar-refractivity contribution in [3.05, 3.63) is 89.5 Å². The summed E-state index contributed by atoms with van der Waals surface area (Å²) in [7, 11) is 3.31. The maximum Gasteiger partial charge on any atom is 0.161 e. The van der Waals surface area contributed by atoms with Crippen molar-refractivity contribution in [3.63, 3.8) is 0 Å². The minimum absolute atomic E-state index is 0.722. The van der Waals surface area contributed by atoms with E-state index < -0.39 is 0 Å². The molecule has 0 saturated heterocycles. The third-order valence-corrected chi connectivity index (χ3v) is 5.21. The van der Waals surface area contributed by atoms with Gasteiger partial charge in [-0.3, -0.25) is 0 Å². The van der Waals surface area contributed by atoms with Gasteiger partial charge in [0.1, 0.15) is 0 Å². The Bertz CT molecular complexity index is 1240. The molecule has 0 aliphatic heterocycles. The summed E-state index contributed by atoms with van der Waals surface area (Å²) < 4.78 is 10.8. The molecule has 3 heteroatoms. The molecule has 0 N–H and O–H groups in total. The number of rotatable bonds is 3. The van der Waals surface area contributed by atoms with Crippen molar-refractivity contribution < 1.29 is 9.47 Å². The van der Waals surface area contributed by atoms with E-state index in [2.05, 4.69) is 54.6 Å². The van der Waals surface area contributed by atoms with Crippen molar-refractivity contribution in [1.82, 2.24) is 4.98 Å². The molecule has 5 rings (SSSR count). The van der Waals surface area contributed by atoms with Gasteiger partial charge in [-0.1, -0.05) is 48.5 Å². The highest BCUT2D eigenvalue weighted by molar-refractivity contribution is 6.07. The number of ether oxygens (including phenoxy) is 2. The fourth-order valence-electron chi connectivity index (χ4n) is 3.86. The molecule has 136 valence electrons. The van der Waals surface area contributed by atoms with Gasteiger partial charge in [0.25, 0.3) is 0 Å². The normalized spacial score (nSPS) is 13.4. The maximum atomic E-state index is 5.47.